The van der Waals surface area contributed by atoms with Crippen molar-refractivity contribution in [2.24, 2.45) is 0 Å². The standard InChI is InChI=1S/C14H18Cl2N4/c1-3-20-14(18-9-19-20)8-10(17-2)7-11-12(15)5-4-6-13(11)16/h4-6,9-10,17H,3,7-8H2,1-2H3. The number of nitrogens with zero attached hydrogens (tertiary/aromatic N) is 3. The van der Waals surface area contributed by atoms with E-state index in [1.807, 2.05) is 29.9 Å². The molecule has 1 N–H and O–H groups in total. The van der Waals surface area contributed by atoms with Gasteiger partial charge in [0.2, 0.25) is 0 Å². The van der Waals surface area contributed by atoms with E-state index in [4.69, 9.17) is 23.2 Å². The van der Waals surface area contributed by atoms with Crippen LogP contribution >= 0.6 is 23.2 Å². The van der Waals surface area contributed by atoms with Crippen molar-refractivity contribution in [2.75, 3.05) is 7.05 Å². The Morgan fingerprint density at radius 1 is 1.25 bits per heavy atom. The van der Waals surface area contributed by atoms with E-state index in [0.29, 0.717) is 10.0 Å². The van der Waals surface area contributed by atoms with Gasteiger partial charge in [0.15, 0.2) is 0 Å². The number of aromatic nitrogens is 3. The van der Waals surface area contributed by atoms with Gasteiger partial charge in [0, 0.05) is 29.1 Å². The lowest BCUT2D eigenvalue weighted by Gasteiger charge is -2.17. The third-order valence-electron chi connectivity index (χ3n) is 3.34. The van der Waals surface area contributed by atoms with Crippen LogP contribution in [0, 0.1) is 0 Å². The molecule has 0 radical (unpaired) electrons. The maximum Gasteiger partial charge on any atom is 0.138 e. The molecule has 0 spiro atoms. The van der Waals surface area contributed by atoms with Crippen LogP contribution in [-0.2, 0) is 19.4 Å². The van der Waals surface area contributed by atoms with Gasteiger partial charge in [-0.3, -0.25) is 4.68 Å². The Hall–Kier alpha value is -1.10. The molecule has 0 amide bonds. The van der Waals surface area contributed by atoms with Crippen LogP contribution in [0.25, 0.3) is 0 Å². The first kappa shape index (κ1) is 15.3. The predicted molar refractivity (Wildman–Crippen MR) is 82.4 cm³/mol. The average molecular weight is 313 g/mol. The van der Waals surface area contributed by atoms with Gasteiger partial charge in [0.1, 0.15) is 12.2 Å². The molecule has 1 aromatic heterocycles. The van der Waals surface area contributed by atoms with Crippen LogP contribution in [0.15, 0.2) is 24.5 Å². The molecular weight excluding hydrogens is 295 g/mol. The zero-order chi connectivity index (χ0) is 14.5. The second-order valence-corrected chi connectivity index (χ2v) is 5.40. The maximum atomic E-state index is 6.23. The second-order valence-electron chi connectivity index (χ2n) is 4.59. The second kappa shape index (κ2) is 7.07. The Labute approximate surface area is 129 Å². The van der Waals surface area contributed by atoms with Crippen molar-refractivity contribution in [1.82, 2.24) is 20.1 Å². The number of hydrogen-bond acceptors (Lipinski definition) is 3. The van der Waals surface area contributed by atoms with Crippen molar-refractivity contribution < 1.29 is 0 Å². The van der Waals surface area contributed by atoms with Gasteiger partial charge in [-0.05, 0) is 38.1 Å². The van der Waals surface area contributed by atoms with E-state index in [1.165, 1.54) is 0 Å². The van der Waals surface area contributed by atoms with Gasteiger partial charge in [-0.1, -0.05) is 29.3 Å². The zero-order valence-electron chi connectivity index (χ0n) is 11.6. The first-order valence-corrected chi connectivity index (χ1v) is 7.38. The predicted octanol–water partition coefficient (Wildman–Crippen LogP) is 2.98. The number of benzene rings is 1. The van der Waals surface area contributed by atoms with E-state index in [2.05, 4.69) is 22.3 Å². The number of nitrogens with one attached hydrogen (secondary N) is 1. The van der Waals surface area contributed by atoms with Crippen LogP contribution in [0.4, 0.5) is 0 Å². The first-order valence-electron chi connectivity index (χ1n) is 6.62. The molecule has 2 rings (SSSR count). The normalized spacial score (nSPS) is 12.6. The van der Waals surface area contributed by atoms with E-state index in [0.717, 1.165) is 30.8 Å². The summed E-state index contributed by atoms with van der Waals surface area (Å²) in [5, 5.41) is 8.89. The number of aryl methyl sites for hydroxylation is 1. The first-order chi connectivity index (χ1) is 9.65. The summed E-state index contributed by atoms with van der Waals surface area (Å²) in [5.41, 5.74) is 0.970. The van der Waals surface area contributed by atoms with E-state index >= 15 is 0 Å². The third-order valence-corrected chi connectivity index (χ3v) is 4.05. The van der Waals surface area contributed by atoms with E-state index in [1.54, 1.807) is 6.33 Å². The highest BCUT2D eigenvalue weighted by molar-refractivity contribution is 6.36. The molecule has 0 aliphatic rings. The van der Waals surface area contributed by atoms with Gasteiger partial charge >= 0.3 is 0 Å². The van der Waals surface area contributed by atoms with Crippen LogP contribution in [0.2, 0.25) is 10.0 Å². The maximum absolute atomic E-state index is 6.23. The molecule has 0 aliphatic heterocycles. The Morgan fingerprint density at radius 2 is 1.95 bits per heavy atom. The molecule has 6 heteroatoms. The van der Waals surface area contributed by atoms with Crippen LogP contribution in [0.3, 0.4) is 0 Å². The fourth-order valence-corrected chi connectivity index (χ4v) is 2.73. The highest BCUT2D eigenvalue weighted by atomic mass is 35.5. The van der Waals surface area contributed by atoms with Gasteiger partial charge < -0.3 is 5.32 Å². The molecule has 1 aromatic carbocycles. The molecule has 0 bridgehead atoms. The van der Waals surface area contributed by atoms with Gasteiger partial charge in [0.25, 0.3) is 0 Å². The van der Waals surface area contributed by atoms with Gasteiger partial charge in [-0.2, -0.15) is 5.10 Å². The fraction of sp³-hybridized carbons (Fsp3) is 0.429. The van der Waals surface area contributed by atoms with E-state index in [9.17, 15) is 0 Å². The minimum atomic E-state index is 0.210. The largest absolute Gasteiger partial charge is 0.316 e. The summed E-state index contributed by atoms with van der Waals surface area (Å²) in [6.45, 7) is 2.87. The van der Waals surface area contributed by atoms with Crippen molar-refractivity contribution in [2.45, 2.75) is 32.4 Å². The fourth-order valence-electron chi connectivity index (χ4n) is 2.18. The Morgan fingerprint density at radius 3 is 2.55 bits per heavy atom. The van der Waals surface area contributed by atoms with Crippen molar-refractivity contribution in [1.29, 1.82) is 0 Å². The van der Waals surface area contributed by atoms with Crippen LogP contribution in [0.1, 0.15) is 18.3 Å². The third kappa shape index (κ3) is 3.51. The Balaban J connectivity index is 2.13. The SMILES string of the molecule is CCn1ncnc1CC(Cc1c(Cl)cccc1Cl)NC. The molecule has 1 unspecified atom stereocenters. The number of halogens is 2. The minimum absolute atomic E-state index is 0.210. The number of hydrogen-bond donors (Lipinski definition) is 1. The molecule has 1 atom stereocenters. The van der Waals surface area contributed by atoms with Gasteiger partial charge in [-0.15, -0.1) is 0 Å². The quantitative estimate of drug-likeness (QED) is 0.891. The summed E-state index contributed by atoms with van der Waals surface area (Å²) in [6.07, 6.45) is 3.13. The Kier molecular flexibility index (Phi) is 5.40. The topological polar surface area (TPSA) is 42.7 Å². The van der Waals surface area contributed by atoms with Crippen molar-refractivity contribution in [3.63, 3.8) is 0 Å². The number of rotatable bonds is 6. The molecule has 0 fully saturated rings. The summed E-state index contributed by atoms with van der Waals surface area (Å²) in [5.74, 6) is 0.968. The van der Waals surface area contributed by atoms with Gasteiger partial charge in [0.05, 0.1) is 0 Å². The Bertz CT molecular complexity index is 548. The van der Waals surface area contributed by atoms with Crippen LogP contribution < -0.4 is 5.32 Å². The summed E-state index contributed by atoms with van der Waals surface area (Å²) < 4.78 is 1.90. The highest BCUT2D eigenvalue weighted by Gasteiger charge is 2.15. The summed E-state index contributed by atoms with van der Waals surface area (Å²) in [4.78, 5) is 4.31. The van der Waals surface area contributed by atoms with Gasteiger partial charge in [-0.25, -0.2) is 4.98 Å². The van der Waals surface area contributed by atoms with E-state index in [-0.39, 0.29) is 6.04 Å². The molecule has 0 aliphatic carbocycles. The molecule has 0 saturated carbocycles. The van der Waals surface area contributed by atoms with E-state index < -0.39 is 0 Å². The molecular formula is C14H18Cl2N4. The van der Waals surface area contributed by atoms with Crippen molar-refractivity contribution in [3.8, 4) is 0 Å². The molecule has 20 heavy (non-hydrogen) atoms. The monoisotopic (exact) mass is 312 g/mol. The molecule has 1 heterocycles. The minimum Gasteiger partial charge on any atom is -0.316 e. The lowest BCUT2D eigenvalue weighted by Crippen LogP contribution is -2.31. The lowest BCUT2D eigenvalue weighted by atomic mass is 10.0. The molecule has 2 aromatic rings. The molecule has 108 valence electrons. The lowest BCUT2D eigenvalue weighted by molar-refractivity contribution is 0.513. The molecule has 0 saturated heterocycles. The summed E-state index contributed by atoms with van der Waals surface area (Å²) >= 11 is 12.5. The highest BCUT2D eigenvalue weighted by Crippen LogP contribution is 2.26. The summed E-state index contributed by atoms with van der Waals surface area (Å²) in [7, 11) is 1.93. The smallest absolute Gasteiger partial charge is 0.138 e. The zero-order valence-corrected chi connectivity index (χ0v) is 13.1. The van der Waals surface area contributed by atoms with Crippen LogP contribution in [-0.4, -0.2) is 27.9 Å². The number of likely N-dealkylation sites (N-methyl/N-ethyl adjacent to an activating group) is 1. The summed E-state index contributed by atoms with van der Waals surface area (Å²) in [6, 6.07) is 5.80. The average Bonchev–Trinajstić information content (AvgIpc) is 2.88. The van der Waals surface area contributed by atoms with Crippen molar-refractivity contribution >= 4 is 23.2 Å². The van der Waals surface area contributed by atoms with Crippen LogP contribution in [0.5, 0.6) is 0 Å². The van der Waals surface area contributed by atoms with Crippen molar-refractivity contribution in [3.05, 3.63) is 46.0 Å². The molecule has 4 nitrogen and oxygen atoms in total.